The summed E-state index contributed by atoms with van der Waals surface area (Å²) >= 11 is 6.53. The molecule has 104 valence electrons. The van der Waals surface area contributed by atoms with Crippen molar-refractivity contribution in [1.82, 2.24) is 5.32 Å². The number of hydrogen-bond acceptors (Lipinski definition) is 2. The van der Waals surface area contributed by atoms with Gasteiger partial charge in [-0.3, -0.25) is 0 Å². The first-order valence-electron chi connectivity index (χ1n) is 7.42. The molecule has 1 aromatic carbocycles. The monoisotopic (exact) mass is 279 g/mol. The van der Waals surface area contributed by atoms with Crippen LogP contribution in [0.5, 0.6) is 0 Å². The van der Waals surface area contributed by atoms with E-state index in [1.165, 1.54) is 24.0 Å². The number of piperidine rings is 1. The number of hydrogen-bond donors (Lipinski definition) is 1. The van der Waals surface area contributed by atoms with Crippen LogP contribution >= 0.6 is 11.6 Å². The van der Waals surface area contributed by atoms with E-state index in [-0.39, 0.29) is 0 Å². The van der Waals surface area contributed by atoms with Gasteiger partial charge in [0, 0.05) is 18.2 Å². The van der Waals surface area contributed by atoms with Gasteiger partial charge in [-0.25, -0.2) is 0 Å². The molecular weight excluding hydrogens is 258 g/mol. The van der Waals surface area contributed by atoms with E-state index in [0.717, 1.165) is 44.2 Å². The van der Waals surface area contributed by atoms with Crippen LogP contribution in [0.1, 0.15) is 48.6 Å². The Bertz CT molecular complexity index is 423. The van der Waals surface area contributed by atoms with Crippen molar-refractivity contribution in [3.8, 4) is 0 Å². The maximum Gasteiger partial charge on any atom is 0.0471 e. The molecule has 2 heterocycles. The quantitative estimate of drug-likeness (QED) is 0.891. The fourth-order valence-corrected chi connectivity index (χ4v) is 3.64. The highest BCUT2D eigenvalue weighted by atomic mass is 35.5. The van der Waals surface area contributed by atoms with Crippen LogP contribution in [-0.2, 0) is 4.74 Å². The van der Waals surface area contributed by atoms with Gasteiger partial charge in [-0.1, -0.05) is 23.7 Å². The summed E-state index contributed by atoms with van der Waals surface area (Å²) in [6, 6.07) is 6.77. The molecule has 2 saturated heterocycles. The molecule has 0 unspecified atom stereocenters. The summed E-state index contributed by atoms with van der Waals surface area (Å²) in [5, 5.41) is 4.38. The Hall–Kier alpha value is -0.570. The predicted molar refractivity (Wildman–Crippen MR) is 79.1 cm³/mol. The van der Waals surface area contributed by atoms with E-state index >= 15 is 0 Å². The molecule has 0 aliphatic carbocycles. The molecule has 3 rings (SSSR count). The Morgan fingerprint density at radius 2 is 1.74 bits per heavy atom. The molecule has 2 aliphatic heterocycles. The predicted octanol–water partition coefficient (Wildman–Crippen LogP) is 3.70. The van der Waals surface area contributed by atoms with Crippen molar-refractivity contribution in [3.63, 3.8) is 0 Å². The van der Waals surface area contributed by atoms with Gasteiger partial charge < -0.3 is 10.1 Å². The van der Waals surface area contributed by atoms with E-state index in [4.69, 9.17) is 16.3 Å². The van der Waals surface area contributed by atoms with Gasteiger partial charge in [-0.15, -0.1) is 0 Å². The molecule has 1 N–H and O–H groups in total. The normalized spacial score (nSPS) is 22.6. The van der Waals surface area contributed by atoms with Crippen LogP contribution in [0.2, 0.25) is 5.02 Å². The van der Waals surface area contributed by atoms with Crippen LogP contribution in [0.3, 0.4) is 0 Å². The Labute approximate surface area is 120 Å². The molecule has 0 aromatic heterocycles. The molecule has 0 bridgehead atoms. The van der Waals surface area contributed by atoms with Gasteiger partial charge in [-0.05, 0) is 67.8 Å². The second kappa shape index (κ2) is 6.25. The maximum atomic E-state index is 6.53. The standard InChI is InChI=1S/C16H22ClNO/c17-16-11-14(12-3-7-18-8-4-12)1-2-15(16)13-5-9-19-10-6-13/h1-2,11-13,18H,3-10H2. The summed E-state index contributed by atoms with van der Waals surface area (Å²) in [5.74, 6) is 1.27. The molecular formula is C16H22ClNO. The van der Waals surface area contributed by atoms with Gasteiger partial charge in [0.2, 0.25) is 0 Å². The summed E-state index contributed by atoms with van der Waals surface area (Å²) in [7, 11) is 0. The molecule has 0 spiro atoms. The number of halogens is 1. The summed E-state index contributed by atoms with van der Waals surface area (Å²) < 4.78 is 5.43. The van der Waals surface area contributed by atoms with Gasteiger partial charge in [0.1, 0.15) is 0 Å². The third-order valence-corrected chi connectivity index (χ3v) is 4.82. The van der Waals surface area contributed by atoms with Crippen LogP contribution in [0.4, 0.5) is 0 Å². The first-order chi connectivity index (χ1) is 9.34. The maximum absolute atomic E-state index is 6.53. The van der Waals surface area contributed by atoms with Crippen molar-refractivity contribution >= 4 is 11.6 Å². The van der Waals surface area contributed by atoms with Crippen molar-refractivity contribution < 1.29 is 4.74 Å². The molecule has 2 aliphatic rings. The van der Waals surface area contributed by atoms with E-state index < -0.39 is 0 Å². The average Bonchev–Trinajstić information content (AvgIpc) is 2.49. The summed E-state index contributed by atoms with van der Waals surface area (Å²) in [4.78, 5) is 0. The van der Waals surface area contributed by atoms with Gasteiger partial charge in [0.05, 0.1) is 0 Å². The van der Waals surface area contributed by atoms with Crippen LogP contribution in [0.25, 0.3) is 0 Å². The fraction of sp³-hybridized carbons (Fsp3) is 0.625. The van der Waals surface area contributed by atoms with E-state index in [2.05, 4.69) is 23.5 Å². The Balaban J connectivity index is 1.76. The minimum absolute atomic E-state index is 0.586. The van der Waals surface area contributed by atoms with E-state index in [0.29, 0.717) is 11.8 Å². The van der Waals surface area contributed by atoms with E-state index in [1.54, 1.807) is 0 Å². The summed E-state index contributed by atoms with van der Waals surface area (Å²) in [5.41, 5.74) is 2.74. The molecule has 0 saturated carbocycles. The zero-order valence-corrected chi connectivity index (χ0v) is 12.1. The first kappa shape index (κ1) is 13.4. The average molecular weight is 280 g/mol. The van der Waals surface area contributed by atoms with Crippen molar-refractivity contribution in [2.75, 3.05) is 26.3 Å². The third kappa shape index (κ3) is 3.13. The van der Waals surface area contributed by atoms with Crippen molar-refractivity contribution in [2.24, 2.45) is 0 Å². The highest BCUT2D eigenvalue weighted by molar-refractivity contribution is 6.31. The SMILES string of the molecule is Clc1cc(C2CCNCC2)ccc1C1CCOCC1. The van der Waals surface area contributed by atoms with Crippen LogP contribution in [0, 0.1) is 0 Å². The highest BCUT2D eigenvalue weighted by Crippen LogP contribution is 2.35. The lowest BCUT2D eigenvalue weighted by molar-refractivity contribution is 0.0853. The highest BCUT2D eigenvalue weighted by Gasteiger charge is 2.20. The Kier molecular flexibility index (Phi) is 4.42. The zero-order chi connectivity index (χ0) is 13.1. The van der Waals surface area contributed by atoms with Gasteiger partial charge in [0.15, 0.2) is 0 Å². The largest absolute Gasteiger partial charge is 0.381 e. The molecule has 2 fully saturated rings. The number of ether oxygens (including phenoxy) is 1. The van der Waals surface area contributed by atoms with Crippen molar-refractivity contribution in [1.29, 1.82) is 0 Å². The van der Waals surface area contributed by atoms with Crippen LogP contribution in [0.15, 0.2) is 18.2 Å². The van der Waals surface area contributed by atoms with Crippen LogP contribution in [-0.4, -0.2) is 26.3 Å². The van der Waals surface area contributed by atoms with E-state index in [1.807, 2.05) is 0 Å². The minimum atomic E-state index is 0.586. The fourth-order valence-electron chi connectivity index (χ4n) is 3.29. The zero-order valence-electron chi connectivity index (χ0n) is 11.3. The second-order valence-electron chi connectivity index (χ2n) is 5.69. The number of rotatable bonds is 2. The first-order valence-corrected chi connectivity index (χ1v) is 7.80. The van der Waals surface area contributed by atoms with Gasteiger partial charge >= 0.3 is 0 Å². The van der Waals surface area contributed by atoms with Crippen LogP contribution < -0.4 is 5.32 Å². The Morgan fingerprint density at radius 3 is 2.42 bits per heavy atom. The molecule has 1 aromatic rings. The van der Waals surface area contributed by atoms with E-state index in [9.17, 15) is 0 Å². The van der Waals surface area contributed by atoms with Gasteiger partial charge in [-0.2, -0.15) is 0 Å². The number of nitrogens with one attached hydrogen (secondary N) is 1. The molecule has 0 amide bonds. The lowest BCUT2D eigenvalue weighted by Gasteiger charge is -2.26. The smallest absolute Gasteiger partial charge is 0.0471 e. The third-order valence-electron chi connectivity index (χ3n) is 4.50. The molecule has 3 heteroatoms. The molecule has 0 atom stereocenters. The molecule has 19 heavy (non-hydrogen) atoms. The lowest BCUT2D eigenvalue weighted by atomic mass is 9.86. The topological polar surface area (TPSA) is 21.3 Å². The molecule has 2 nitrogen and oxygen atoms in total. The van der Waals surface area contributed by atoms with Gasteiger partial charge in [0.25, 0.3) is 0 Å². The van der Waals surface area contributed by atoms with Crippen molar-refractivity contribution in [3.05, 3.63) is 34.3 Å². The molecule has 0 radical (unpaired) electrons. The van der Waals surface area contributed by atoms with Crippen molar-refractivity contribution in [2.45, 2.75) is 37.5 Å². The summed E-state index contributed by atoms with van der Waals surface area (Å²) in [6.07, 6.45) is 4.67. The minimum Gasteiger partial charge on any atom is -0.381 e. The Morgan fingerprint density at radius 1 is 1.00 bits per heavy atom. The summed E-state index contributed by atoms with van der Waals surface area (Å²) in [6.45, 7) is 4.00. The second-order valence-corrected chi connectivity index (χ2v) is 6.10. The lowest BCUT2D eigenvalue weighted by Crippen LogP contribution is -2.26. The number of benzene rings is 1.